The monoisotopic (exact) mass is 322 g/mol. The van der Waals surface area contributed by atoms with Gasteiger partial charge in [0.1, 0.15) is 0 Å². The number of anilines is 1. The van der Waals surface area contributed by atoms with Crippen molar-refractivity contribution in [2.45, 2.75) is 0 Å². The van der Waals surface area contributed by atoms with Crippen molar-refractivity contribution in [3.8, 4) is 22.5 Å². The van der Waals surface area contributed by atoms with Gasteiger partial charge in [0.15, 0.2) is 11.5 Å². The molecule has 0 aliphatic carbocycles. The van der Waals surface area contributed by atoms with Gasteiger partial charge in [-0.25, -0.2) is 9.50 Å². The molecule has 0 saturated carbocycles. The van der Waals surface area contributed by atoms with Crippen LogP contribution in [0, 0.1) is 0 Å². The van der Waals surface area contributed by atoms with E-state index in [1.807, 2.05) is 30.5 Å². The second-order valence-corrected chi connectivity index (χ2v) is 5.38. The molecule has 0 aliphatic heterocycles. The van der Waals surface area contributed by atoms with Crippen LogP contribution in [-0.2, 0) is 0 Å². The van der Waals surface area contributed by atoms with Gasteiger partial charge in [-0.15, -0.1) is 5.10 Å². The molecule has 0 fully saturated rings. The van der Waals surface area contributed by atoms with Crippen LogP contribution in [0.25, 0.3) is 28.2 Å². The molecule has 0 spiro atoms. The van der Waals surface area contributed by atoms with E-state index in [0.717, 1.165) is 22.5 Å². The predicted octanol–water partition coefficient (Wildman–Crippen LogP) is 3.09. The average Bonchev–Trinajstić information content (AvgIpc) is 2.91. The third-order valence-corrected chi connectivity index (χ3v) is 3.67. The molecule has 6 nitrogen and oxygen atoms in total. The van der Waals surface area contributed by atoms with Crippen LogP contribution in [0.5, 0.6) is 0 Å². The number of nitrogen functional groups attached to an aromatic ring is 1. The summed E-state index contributed by atoms with van der Waals surface area (Å²) in [4.78, 5) is 13.1. The summed E-state index contributed by atoms with van der Waals surface area (Å²) in [6.07, 6.45) is 6.88. The normalized spacial score (nSPS) is 11.0. The van der Waals surface area contributed by atoms with E-state index in [1.54, 1.807) is 29.2 Å². The molecule has 0 unspecified atom stereocenters. The first-order valence-electron chi connectivity index (χ1n) is 6.89. The van der Waals surface area contributed by atoms with Crippen molar-refractivity contribution in [2.75, 3.05) is 5.73 Å². The largest absolute Gasteiger partial charge is 0.382 e. The summed E-state index contributed by atoms with van der Waals surface area (Å²) in [5.41, 5.74) is 9.75. The predicted molar refractivity (Wildman–Crippen MR) is 88.9 cm³/mol. The van der Waals surface area contributed by atoms with Crippen molar-refractivity contribution >= 4 is 23.1 Å². The molecule has 4 heterocycles. The fourth-order valence-corrected chi connectivity index (χ4v) is 2.50. The van der Waals surface area contributed by atoms with Crippen LogP contribution in [0.1, 0.15) is 0 Å². The molecule has 0 atom stereocenters. The van der Waals surface area contributed by atoms with Gasteiger partial charge in [0.25, 0.3) is 0 Å². The maximum Gasteiger partial charge on any atom is 0.166 e. The van der Waals surface area contributed by atoms with Gasteiger partial charge in [-0.1, -0.05) is 17.7 Å². The van der Waals surface area contributed by atoms with E-state index in [1.165, 1.54) is 0 Å². The Morgan fingerprint density at radius 2 is 1.87 bits per heavy atom. The second-order valence-electron chi connectivity index (χ2n) is 4.95. The third-order valence-electron chi connectivity index (χ3n) is 3.44. The number of halogens is 1. The van der Waals surface area contributed by atoms with Gasteiger partial charge in [-0.05, 0) is 24.3 Å². The van der Waals surface area contributed by atoms with Crippen LogP contribution in [0.15, 0.2) is 55.1 Å². The van der Waals surface area contributed by atoms with Gasteiger partial charge in [0, 0.05) is 30.4 Å². The second kappa shape index (κ2) is 5.33. The minimum atomic E-state index is 0.386. The highest BCUT2D eigenvalue weighted by molar-refractivity contribution is 6.30. The first kappa shape index (κ1) is 13.7. The summed E-state index contributed by atoms with van der Waals surface area (Å²) < 4.78 is 1.64. The summed E-state index contributed by atoms with van der Waals surface area (Å²) in [6, 6.07) is 9.24. The average molecular weight is 323 g/mol. The number of fused-ring (bicyclic) bond motifs is 1. The number of rotatable bonds is 2. The molecule has 0 radical (unpaired) electrons. The zero-order chi connectivity index (χ0) is 15.8. The van der Waals surface area contributed by atoms with E-state index in [-0.39, 0.29) is 0 Å². The standard InChI is InChI=1S/C16H11ClN6/c17-11-4-5-12(20-8-11)10-7-21-16-14(13-3-1-2-6-19-13)15(18)22-23(16)9-10/h1-9H,(H2,18,22). The zero-order valence-corrected chi connectivity index (χ0v) is 12.6. The van der Waals surface area contributed by atoms with E-state index >= 15 is 0 Å². The van der Waals surface area contributed by atoms with Gasteiger partial charge in [0.2, 0.25) is 0 Å². The van der Waals surface area contributed by atoms with Crippen LogP contribution in [0.2, 0.25) is 5.02 Å². The number of nitrogens with zero attached hydrogens (tertiary/aromatic N) is 5. The Bertz CT molecular complexity index is 979. The maximum absolute atomic E-state index is 6.05. The fraction of sp³-hybridized carbons (Fsp3) is 0. The quantitative estimate of drug-likeness (QED) is 0.613. The summed E-state index contributed by atoms with van der Waals surface area (Å²) in [6.45, 7) is 0. The molecule has 7 heteroatoms. The van der Waals surface area contributed by atoms with Gasteiger partial charge >= 0.3 is 0 Å². The molecular weight excluding hydrogens is 312 g/mol. The number of nitrogens with two attached hydrogens (primary N) is 1. The first-order chi connectivity index (χ1) is 11.2. The molecule has 4 aromatic rings. The molecule has 0 bridgehead atoms. The molecule has 0 aliphatic rings. The van der Waals surface area contributed by atoms with Crippen molar-refractivity contribution in [1.82, 2.24) is 24.6 Å². The van der Waals surface area contributed by atoms with E-state index in [0.29, 0.717) is 16.5 Å². The van der Waals surface area contributed by atoms with Crippen LogP contribution < -0.4 is 5.73 Å². The van der Waals surface area contributed by atoms with Gasteiger partial charge in [-0.3, -0.25) is 9.97 Å². The molecular formula is C16H11ClN6. The van der Waals surface area contributed by atoms with Crippen molar-refractivity contribution in [1.29, 1.82) is 0 Å². The zero-order valence-electron chi connectivity index (χ0n) is 11.9. The highest BCUT2D eigenvalue weighted by Crippen LogP contribution is 2.28. The summed E-state index contributed by atoms with van der Waals surface area (Å²) in [5, 5.41) is 4.92. The van der Waals surface area contributed by atoms with Crippen molar-refractivity contribution < 1.29 is 0 Å². The number of hydrogen-bond acceptors (Lipinski definition) is 5. The van der Waals surface area contributed by atoms with Crippen LogP contribution in [-0.4, -0.2) is 24.6 Å². The third kappa shape index (κ3) is 2.39. The Labute approximate surface area is 136 Å². The summed E-state index contributed by atoms with van der Waals surface area (Å²) in [5.74, 6) is 0.386. The van der Waals surface area contributed by atoms with Crippen LogP contribution in [0.3, 0.4) is 0 Å². The van der Waals surface area contributed by atoms with E-state index in [4.69, 9.17) is 17.3 Å². The molecule has 2 N–H and O–H groups in total. The van der Waals surface area contributed by atoms with Gasteiger partial charge < -0.3 is 5.73 Å². The Morgan fingerprint density at radius 1 is 0.957 bits per heavy atom. The lowest BCUT2D eigenvalue weighted by Crippen LogP contribution is -1.93. The molecule has 112 valence electrons. The van der Waals surface area contributed by atoms with Crippen molar-refractivity contribution in [3.63, 3.8) is 0 Å². The highest BCUT2D eigenvalue weighted by Gasteiger charge is 2.15. The maximum atomic E-state index is 6.05. The van der Waals surface area contributed by atoms with E-state index in [9.17, 15) is 0 Å². The van der Waals surface area contributed by atoms with Crippen LogP contribution >= 0.6 is 11.6 Å². The Morgan fingerprint density at radius 3 is 2.61 bits per heavy atom. The summed E-state index contributed by atoms with van der Waals surface area (Å²) in [7, 11) is 0. The molecule has 4 rings (SSSR count). The topological polar surface area (TPSA) is 82.0 Å². The molecule has 0 saturated heterocycles. The van der Waals surface area contributed by atoms with Gasteiger partial charge in [-0.2, -0.15) is 0 Å². The van der Waals surface area contributed by atoms with Crippen LogP contribution in [0.4, 0.5) is 5.82 Å². The molecule has 23 heavy (non-hydrogen) atoms. The smallest absolute Gasteiger partial charge is 0.166 e. The first-order valence-corrected chi connectivity index (χ1v) is 7.27. The fourth-order valence-electron chi connectivity index (χ4n) is 2.39. The molecule has 0 aromatic carbocycles. The Kier molecular flexibility index (Phi) is 3.17. The number of hydrogen-bond donors (Lipinski definition) is 1. The lowest BCUT2D eigenvalue weighted by Gasteiger charge is -2.02. The van der Waals surface area contributed by atoms with Crippen molar-refractivity contribution in [3.05, 3.63) is 60.1 Å². The van der Waals surface area contributed by atoms with E-state index < -0.39 is 0 Å². The van der Waals surface area contributed by atoms with Crippen molar-refractivity contribution in [2.24, 2.45) is 0 Å². The van der Waals surface area contributed by atoms with Gasteiger partial charge in [0.05, 0.1) is 22.0 Å². The Hall–Kier alpha value is -2.99. The minimum Gasteiger partial charge on any atom is -0.382 e. The SMILES string of the molecule is Nc1nn2cc(-c3ccc(Cl)cn3)cnc2c1-c1ccccn1. The number of pyridine rings is 2. The summed E-state index contributed by atoms with van der Waals surface area (Å²) >= 11 is 5.87. The van der Waals surface area contributed by atoms with E-state index in [2.05, 4.69) is 20.1 Å². The molecule has 0 amide bonds. The highest BCUT2D eigenvalue weighted by atomic mass is 35.5. The minimum absolute atomic E-state index is 0.386. The lowest BCUT2D eigenvalue weighted by molar-refractivity contribution is 0.946. The number of aromatic nitrogens is 5. The Balaban J connectivity index is 1.87. The lowest BCUT2D eigenvalue weighted by atomic mass is 10.2. The molecule has 4 aromatic heterocycles.